The van der Waals surface area contributed by atoms with Gasteiger partial charge < -0.3 is 9.30 Å². The number of aromatic nitrogens is 2. The van der Waals surface area contributed by atoms with Crippen LogP contribution in [0.1, 0.15) is 23.1 Å². The van der Waals surface area contributed by atoms with E-state index in [0.29, 0.717) is 12.2 Å². The van der Waals surface area contributed by atoms with Crippen LogP contribution in [-0.4, -0.2) is 16.2 Å². The number of nitrogens with zero attached hydrogens (tertiary/aromatic N) is 3. The molecule has 0 fully saturated rings. The number of benzene rings is 1. The predicted molar refractivity (Wildman–Crippen MR) is 73.0 cm³/mol. The molecule has 2 aromatic rings. The van der Waals surface area contributed by atoms with Crippen LogP contribution in [-0.2, 0) is 6.54 Å². The van der Waals surface area contributed by atoms with Crippen molar-refractivity contribution in [3.8, 4) is 11.8 Å². The third-order valence-corrected chi connectivity index (χ3v) is 2.96. The van der Waals surface area contributed by atoms with E-state index in [2.05, 4.69) is 11.1 Å². The molecule has 0 N–H and O–H groups in total. The fourth-order valence-corrected chi connectivity index (χ4v) is 2.08. The summed E-state index contributed by atoms with van der Waals surface area (Å²) in [5.74, 6) is 0.893. The molecule has 0 saturated heterocycles. The molecule has 0 aliphatic rings. The Labute approximate surface area is 113 Å². The van der Waals surface area contributed by atoms with Crippen LogP contribution < -0.4 is 4.74 Å². The van der Waals surface area contributed by atoms with E-state index >= 15 is 0 Å². The molecule has 4 nitrogen and oxygen atoms in total. The molecule has 4 heteroatoms. The minimum atomic E-state index is 0.658. The van der Waals surface area contributed by atoms with Crippen molar-refractivity contribution in [1.29, 1.82) is 5.26 Å². The molecule has 1 aromatic carbocycles. The van der Waals surface area contributed by atoms with Crippen molar-refractivity contribution in [3.63, 3.8) is 0 Å². The Morgan fingerprint density at radius 2 is 2.05 bits per heavy atom. The molecule has 2 rings (SSSR count). The van der Waals surface area contributed by atoms with Gasteiger partial charge in [0.2, 0.25) is 0 Å². The lowest BCUT2D eigenvalue weighted by Gasteiger charge is -2.12. The van der Waals surface area contributed by atoms with Crippen LogP contribution >= 0.6 is 0 Å². The van der Waals surface area contributed by atoms with Crippen molar-refractivity contribution >= 4 is 0 Å². The topological polar surface area (TPSA) is 50.8 Å². The van der Waals surface area contributed by atoms with Crippen molar-refractivity contribution in [1.82, 2.24) is 9.55 Å². The zero-order valence-corrected chi connectivity index (χ0v) is 11.3. The normalized spacial score (nSPS) is 10.2. The summed E-state index contributed by atoms with van der Waals surface area (Å²) in [4.78, 5) is 4.00. The maximum absolute atomic E-state index is 8.90. The monoisotopic (exact) mass is 255 g/mol. The van der Waals surface area contributed by atoms with E-state index in [-0.39, 0.29) is 0 Å². The first-order valence-corrected chi connectivity index (χ1v) is 6.30. The molecule has 1 aromatic heterocycles. The molecule has 0 atom stereocenters. The van der Waals surface area contributed by atoms with Crippen molar-refractivity contribution in [2.45, 2.75) is 26.8 Å². The summed E-state index contributed by atoms with van der Waals surface area (Å²) in [5.41, 5.74) is 2.71. The Kier molecular flexibility index (Phi) is 4.19. The van der Waals surface area contributed by atoms with E-state index in [1.165, 1.54) is 0 Å². The van der Waals surface area contributed by atoms with Gasteiger partial charge in [0.1, 0.15) is 5.75 Å². The second-order valence-corrected chi connectivity index (χ2v) is 4.55. The summed E-state index contributed by atoms with van der Waals surface area (Å²) >= 11 is 0. The van der Waals surface area contributed by atoms with Gasteiger partial charge in [0.15, 0.2) is 0 Å². The highest BCUT2D eigenvalue weighted by Gasteiger charge is 2.06. The molecule has 0 unspecified atom stereocenters. The first kappa shape index (κ1) is 13.2. The fraction of sp³-hybridized carbons (Fsp3) is 0.333. The molecule has 0 radical (unpaired) electrons. The number of hydrogen-bond donors (Lipinski definition) is 0. The summed E-state index contributed by atoms with van der Waals surface area (Å²) in [6.07, 6.45) is 6.45. The summed E-state index contributed by atoms with van der Waals surface area (Å²) in [6.45, 7) is 5.50. The van der Waals surface area contributed by atoms with E-state index in [0.717, 1.165) is 29.8 Å². The zero-order valence-electron chi connectivity index (χ0n) is 11.3. The van der Waals surface area contributed by atoms with E-state index in [4.69, 9.17) is 10.00 Å². The highest BCUT2D eigenvalue weighted by molar-refractivity contribution is 5.47. The van der Waals surface area contributed by atoms with Crippen LogP contribution in [0.5, 0.6) is 5.75 Å². The van der Waals surface area contributed by atoms with Crippen molar-refractivity contribution in [2.24, 2.45) is 0 Å². The van der Waals surface area contributed by atoms with Crippen LogP contribution in [0, 0.1) is 25.2 Å². The van der Waals surface area contributed by atoms with Crippen LogP contribution in [0.2, 0.25) is 0 Å². The first-order chi connectivity index (χ1) is 9.20. The number of nitriles is 1. The van der Waals surface area contributed by atoms with Crippen LogP contribution in [0.3, 0.4) is 0 Å². The molecular formula is C15H17N3O. The summed E-state index contributed by atoms with van der Waals surface area (Å²) < 4.78 is 7.85. The molecule has 19 heavy (non-hydrogen) atoms. The lowest BCUT2D eigenvalue weighted by atomic mass is 10.1. The molecule has 0 amide bonds. The summed E-state index contributed by atoms with van der Waals surface area (Å²) in [6, 6.07) is 5.87. The van der Waals surface area contributed by atoms with Gasteiger partial charge >= 0.3 is 0 Å². The Bertz CT molecular complexity index is 559. The molecule has 0 aliphatic heterocycles. The number of hydrogen-bond acceptors (Lipinski definition) is 3. The molecular weight excluding hydrogens is 238 g/mol. The minimum Gasteiger partial charge on any atom is -0.493 e. The summed E-state index contributed by atoms with van der Waals surface area (Å²) in [7, 11) is 0. The first-order valence-electron chi connectivity index (χ1n) is 6.30. The van der Waals surface area contributed by atoms with Gasteiger partial charge in [0.25, 0.3) is 0 Å². The van der Waals surface area contributed by atoms with Crippen LogP contribution in [0.25, 0.3) is 0 Å². The van der Waals surface area contributed by atoms with Crippen LogP contribution in [0.4, 0.5) is 0 Å². The number of aryl methyl sites for hydroxylation is 3. The zero-order chi connectivity index (χ0) is 13.7. The highest BCUT2D eigenvalue weighted by Crippen LogP contribution is 2.24. The molecule has 98 valence electrons. The second-order valence-electron chi connectivity index (χ2n) is 4.55. The van der Waals surface area contributed by atoms with Gasteiger partial charge in [-0.25, -0.2) is 4.98 Å². The van der Waals surface area contributed by atoms with Crippen molar-refractivity contribution in [2.75, 3.05) is 6.61 Å². The third-order valence-electron chi connectivity index (χ3n) is 2.96. The predicted octanol–water partition coefficient (Wildman–Crippen LogP) is 2.84. The maximum atomic E-state index is 8.90. The maximum Gasteiger partial charge on any atom is 0.125 e. The summed E-state index contributed by atoms with van der Waals surface area (Å²) in [5, 5.41) is 8.90. The SMILES string of the molecule is Cc1cc(C#N)cc(C)c1OCCCn1ccnc1. The lowest BCUT2D eigenvalue weighted by Crippen LogP contribution is -2.05. The smallest absolute Gasteiger partial charge is 0.125 e. The van der Waals surface area contributed by atoms with Gasteiger partial charge in [0.05, 0.1) is 24.6 Å². The van der Waals surface area contributed by atoms with Gasteiger partial charge in [-0.3, -0.25) is 0 Å². The Balaban J connectivity index is 1.91. The van der Waals surface area contributed by atoms with Crippen LogP contribution in [0.15, 0.2) is 30.9 Å². The van der Waals surface area contributed by atoms with Gasteiger partial charge in [-0.1, -0.05) is 0 Å². The number of imidazole rings is 1. The highest BCUT2D eigenvalue weighted by atomic mass is 16.5. The third kappa shape index (κ3) is 3.35. The average molecular weight is 255 g/mol. The minimum absolute atomic E-state index is 0.658. The largest absolute Gasteiger partial charge is 0.493 e. The Morgan fingerprint density at radius 3 is 2.63 bits per heavy atom. The molecule has 0 spiro atoms. The quantitative estimate of drug-likeness (QED) is 0.772. The number of rotatable bonds is 5. The van der Waals surface area contributed by atoms with Gasteiger partial charge in [0, 0.05) is 18.9 Å². The van der Waals surface area contributed by atoms with E-state index < -0.39 is 0 Å². The van der Waals surface area contributed by atoms with Crippen molar-refractivity contribution < 1.29 is 4.74 Å². The lowest BCUT2D eigenvalue weighted by molar-refractivity contribution is 0.298. The Morgan fingerprint density at radius 1 is 1.32 bits per heavy atom. The molecule has 0 saturated carbocycles. The molecule has 0 aliphatic carbocycles. The molecule has 0 bridgehead atoms. The Hall–Kier alpha value is -2.28. The number of ether oxygens (including phenoxy) is 1. The average Bonchev–Trinajstić information content (AvgIpc) is 2.89. The molecule has 1 heterocycles. The van der Waals surface area contributed by atoms with E-state index in [1.807, 2.05) is 36.7 Å². The van der Waals surface area contributed by atoms with Gasteiger partial charge in [-0.2, -0.15) is 5.26 Å². The van der Waals surface area contributed by atoms with Gasteiger partial charge in [-0.15, -0.1) is 0 Å². The van der Waals surface area contributed by atoms with E-state index in [9.17, 15) is 0 Å². The second kappa shape index (κ2) is 6.05. The van der Waals surface area contributed by atoms with Gasteiger partial charge in [-0.05, 0) is 43.5 Å². The van der Waals surface area contributed by atoms with E-state index in [1.54, 1.807) is 12.5 Å². The standard InChI is InChI=1S/C15H17N3O/c1-12-8-14(10-16)9-13(2)15(12)19-7-3-5-18-6-4-17-11-18/h4,6,8-9,11H,3,5,7H2,1-2H3. The fourth-order valence-electron chi connectivity index (χ4n) is 2.08. The van der Waals surface area contributed by atoms with Crippen molar-refractivity contribution in [3.05, 3.63) is 47.5 Å².